The number of aromatic nitrogens is 2. The summed E-state index contributed by atoms with van der Waals surface area (Å²) in [5, 5.41) is 4.61. The van der Waals surface area contributed by atoms with Crippen molar-refractivity contribution in [1.29, 1.82) is 0 Å². The maximum absolute atomic E-state index is 6.19. The highest BCUT2D eigenvalue weighted by molar-refractivity contribution is 7.18. The lowest BCUT2D eigenvalue weighted by atomic mass is 9.85. The van der Waals surface area contributed by atoms with Crippen LogP contribution >= 0.6 is 11.3 Å². The molecule has 2 aromatic rings. The minimum atomic E-state index is 0.336. The van der Waals surface area contributed by atoms with Crippen LogP contribution in [0.2, 0.25) is 0 Å². The molecule has 1 saturated carbocycles. The summed E-state index contributed by atoms with van der Waals surface area (Å²) >= 11 is 1.71. The molecule has 2 aromatic heterocycles. The van der Waals surface area contributed by atoms with E-state index in [-0.39, 0.29) is 0 Å². The molecule has 19 heavy (non-hydrogen) atoms. The molecule has 4 nitrogen and oxygen atoms in total. The predicted molar refractivity (Wildman–Crippen MR) is 80.6 cm³/mol. The minimum absolute atomic E-state index is 0.336. The Morgan fingerprint density at radius 1 is 1.37 bits per heavy atom. The first kappa shape index (κ1) is 12.8. The molecule has 3 rings (SSSR count). The van der Waals surface area contributed by atoms with Gasteiger partial charge in [0.05, 0.1) is 5.39 Å². The van der Waals surface area contributed by atoms with E-state index >= 15 is 0 Å². The van der Waals surface area contributed by atoms with E-state index in [2.05, 4.69) is 28.3 Å². The number of rotatable bonds is 3. The van der Waals surface area contributed by atoms with Crippen molar-refractivity contribution < 1.29 is 0 Å². The SMILES string of the molecule is Cc1cc2c(NCC3CCCCC3N)ncnc2s1. The normalized spacial score (nSPS) is 23.7. The van der Waals surface area contributed by atoms with E-state index in [0.29, 0.717) is 12.0 Å². The molecule has 0 amide bonds. The first-order chi connectivity index (χ1) is 9.24. The van der Waals surface area contributed by atoms with Gasteiger partial charge in [0.2, 0.25) is 0 Å². The highest BCUT2D eigenvalue weighted by Gasteiger charge is 2.21. The topological polar surface area (TPSA) is 63.8 Å². The molecule has 0 aromatic carbocycles. The zero-order chi connectivity index (χ0) is 13.2. The van der Waals surface area contributed by atoms with Gasteiger partial charge in [0.1, 0.15) is 17.0 Å². The van der Waals surface area contributed by atoms with Crippen molar-refractivity contribution in [2.45, 2.75) is 38.6 Å². The van der Waals surface area contributed by atoms with Crippen LogP contribution in [-0.2, 0) is 0 Å². The molecule has 1 aliphatic carbocycles. The van der Waals surface area contributed by atoms with E-state index in [0.717, 1.165) is 29.0 Å². The Bertz CT molecular complexity index is 566. The van der Waals surface area contributed by atoms with Crippen LogP contribution in [0.4, 0.5) is 5.82 Å². The van der Waals surface area contributed by atoms with Crippen LogP contribution < -0.4 is 11.1 Å². The number of thiophene rings is 1. The predicted octanol–water partition coefficient (Wildman–Crippen LogP) is 2.93. The van der Waals surface area contributed by atoms with E-state index in [1.807, 2.05) is 0 Å². The third-order valence-electron chi connectivity index (χ3n) is 3.95. The Balaban J connectivity index is 1.74. The standard InChI is InChI=1S/C14H20N4S/c1-9-6-11-13(17-8-18-14(11)19-9)16-7-10-4-2-3-5-12(10)15/h6,8,10,12H,2-5,7,15H2,1H3,(H,16,17,18). The van der Waals surface area contributed by atoms with E-state index < -0.39 is 0 Å². The number of hydrogen-bond acceptors (Lipinski definition) is 5. The van der Waals surface area contributed by atoms with Crippen molar-refractivity contribution >= 4 is 27.4 Å². The number of nitrogens with two attached hydrogens (primary N) is 1. The molecule has 2 unspecified atom stereocenters. The van der Waals surface area contributed by atoms with E-state index in [9.17, 15) is 0 Å². The molecule has 2 atom stereocenters. The third kappa shape index (κ3) is 2.72. The second-order valence-electron chi connectivity index (χ2n) is 5.39. The summed E-state index contributed by atoms with van der Waals surface area (Å²) in [6.45, 7) is 3.02. The first-order valence-corrected chi connectivity index (χ1v) is 7.76. The molecule has 5 heteroatoms. The molecule has 1 aliphatic rings. The van der Waals surface area contributed by atoms with Gasteiger partial charge in [-0.15, -0.1) is 11.3 Å². The van der Waals surface area contributed by atoms with Crippen molar-refractivity contribution in [2.75, 3.05) is 11.9 Å². The number of nitrogens with zero attached hydrogens (tertiary/aromatic N) is 2. The van der Waals surface area contributed by atoms with Crippen LogP contribution in [0.3, 0.4) is 0 Å². The Morgan fingerprint density at radius 3 is 3.05 bits per heavy atom. The van der Waals surface area contributed by atoms with Gasteiger partial charge < -0.3 is 11.1 Å². The quantitative estimate of drug-likeness (QED) is 0.904. The second kappa shape index (κ2) is 5.43. The molecule has 1 fully saturated rings. The minimum Gasteiger partial charge on any atom is -0.369 e. The van der Waals surface area contributed by atoms with Crippen LogP contribution in [-0.4, -0.2) is 22.6 Å². The maximum atomic E-state index is 6.19. The van der Waals surface area contributed by atoms with Gasteiger partial charge in [0.25, 0.3) is 0 Å². The van der Waals surface area contributed by atoms with Crippen LogP contribution in [0.5, 0.6) is 0 Å². The van der Waals surface area contributed by atoms with Crippen molar-refractivity contribution in [3.63, 3.8) is 0 Å². The largest absolute Gasteiger partial charge is 0.369 e. The summed E-state index contributed by atoms with van der Waals surface area (Å²) in [7, 11) is 0. The Labute approximate surface area is 117 Å². The average molecular weight is 276 g/mol. The van der Waals surface area contributed by atoms with E-state index in [1.165, 1.54) is 24.1 Å². The molecule has 3 N–H and O–H groups in total. The number of fused-ring (bicyclic) bond motifs is 1. The Morgan fingerprint density at radius 2 is 2.21 bits per heavy atom. The second-order valence-corrected chi connectivity index (χ2v) is 6.62. The Hall–Kier alpha value is -1.20. The number of aryl methyl sites for hydroxylation is 1. The highest BCUT2D eigenvalue weighted by Crippen LogP contribution is 2.28. The lowest BCUT2D eigenvalue weighted by Crippen LogP contribution is -2.37. The zero-order valence-corrected chi connectivity index (χ0v) is 12.0. The molecule has 0 saturated heterocycles. The number of nitrogens with one attached hydrogen (secondary N) is 1. The molecule has 2 heterocycles. The molecule has 102 valence electrons. The fraction of sp³-hybridized carbons (Fsp3) is 0.571. The monoisotopic (exact) mass is 276 g/mol. The van der Waals surface area contributed by atoms with Crippen molar-refractivity contribution in [3.8, 4) is 0 Å². The summed E-state index contributed by atoms with van der Waals surface area (Å²) < 4.78 is 0. The maximum Gasteiger partial charge on any atom is 0.138 e. The average Bonchev–Trinajstić information content (AvgIpc) is 2.78. The fourth-order valence-electron chi connectivity index (χ4n) is 2.83. The molecular weight excluding hydrogens is 256 g/mol. The van der Waals surface area contributed by atoms with Crippen LogP contribution in [0.1, 0.15) is 30.6 Å². The van der Waals surface area contributed by atoms with E-state index in [4.69, 9.17) is 5.73 Å². The number of hydrogen-bond donors (Lipinski definition) is 2. The van der Waals surface area contributed by atoms with Crippen LogP contribution in [0.15, 0.2) is 12.4 Å². The van der Waals surface area contributed by atoms with Crippen molar-refractivity contribution in [2.24, 2.45) is 11.7 Å². The van der Waals surface area contributed by atoms with Gasteiger partial charge in [0, 0.05) is 17.5 Å². The lowest BCUT2D eigenvalue weighted by molar-refractivity contribution is 0.321. The van der Waals surface area contributed by atoms with Gasteiger partial charge in [-0.25, -0.2) is 9.97 Å². The smallest absolute Gasteiger partial charge is 0.138 e. The number of anilines is 1. The van der Waals surface area contributed by atoms with Crippen LogP contribution in [0, 0.1) is 12.8 Å². The summed E-state index contributed by atoms with van der Waals surface area (Å²) in [5.41, 5.74) is 6.19. The van der Waals surface area contributed by atoms with Gasteiger partial charge in [-0.3, -0.25) is 0 Å². The summed E-state index contributed by atoms with van der Waals surface area (Å²) in [6, 6.07) is 2.49. The summed E-state index contributed by atoms with van der Waals surface area (Å²) in [5.74, 6) is 1.52. The van der Waals surface area contributed by atoms with Gasteiger partial charge in [-0.05, 0) is 31.7 Å². The van der Waals surface area contributed by atoms with E-state index in [1.54, 1.807) is 17.7 Å². The van der Waals surface area contributed by atoms with Gasteiger partial charge >= 0.3 is 0 Å². The molecule has 0 bridgehead atoms. The van der Waals surface area contributed by atoms with Crippen LogP contribution in [0.25, 0.3) is 10.2 Å². The first-order valence-electron chi connectivity index (χ1n) is 6.94. The van der Waals surface area contributed by atoms with Gasteiger partial charge in [-0.1, -0.05) is 12.8 Å². The fourth-order valence-corrected chi connectivity index (χ4v) is 3.68. The third-order valence-corrected chi connectivity index (χ3v) is 4.91. The molecular formula is C14H20N4S. The highest BCUT2D eigenvalue weighted by atomic mass is 32.1. The Kier molecular flexibility index (Phi) is 3.66. The molecule has 0 spiro atoms. The summed E-state index contributed by atoms with van der Waals surface area (Å²) in [4.78, 5) is 11.0. The van der Waals surface area contributed by atoms with Crippen molar-refractivity contribution in [1.82, 2.24) is 9.97 Å². The van der Waals surface area contributed by atoms with Crippen molar-refractivity contribution in [3.05, 3.63) is 17.3 Å². The summed E-state index contributed by atoms with van der Waals surface area (Å²) in [6.07, 6.45) is 6.60. The van der Waals surface area contributed by atoms with Gasteiger partial charge in [0.15, 0.2) is 0 Å². The lowest BCUT2D eigenvalue weighted by Gasteiger charge is -2.28. The van der Waals surface area contributed by atoms with Gasteiger partial charge in [-0.2, -0.15) is 0 Å². The zero-order valence-electron chi connectivity index (χ0n) is 11.2. The molecule has 0 aliphatic heterocycles. The molecule has 0 radical (unpaired) electrons.